The fraction of sp³-hybridized carbons (Fsp3) is 0.0435. The molecule has 3 aromatic carbocycles. The minimum absolute atomic E-state index is 0.270. The summed E-state index contributed by atoms with van der Waals surface area (Å²) in [7, 11) is 0. The summed E-state index contributed by atoms with van der Waals surface area (Å²) in [5, 5.41) is 20.9. The Morgan fingerprint density at radius 1 is 1.13 bits per heavy atom. The third-order valence-electron chi connectivity index (χ3n) is 4.49. The monoisotopic (exact) mass is 489 g/mol. The summed E-state index contributed by atoms with van der Waals surface area (Å²) in [6.07, 6.45) is 1.67. The van der Waals surface area contributed by atoms with Crippen molar-refractivity contribution in [2.75, 3.05) is 0 Å². The van der Waals surface area contributed by atoms with E-state index in [1.165, 1.54) is 0 Å². The predicted molar refractivity (Wildman–Crippen MR) is 125 cm³/mol. The van der Waals surface area contributed by atoms with E-state index in [1.807, 2.05) is 66.7 Å². The van der Waals surface area contributed by atoms with E-state index in [1.54, 1.807) is 17.0 Å². The molecule has 1 heterocycles. The molecule has 6 nitrogen and oxygen atoms in total. The molecule has 1 N–H and O–H groups in total. The zero-order valence-electron chi connectivity index (χ0n) is 16.2. The number of hydrogen-bond donors (Lipinski definition) is 1. The molecular formula is C23H16BrN5OS. The van der Waals surface area contributed by atoms with Crippen molar-refractivity contribution in [3.05, 3.63) is 98.7 Å². The largest absolute Gasteiger partial charge is 0.488 e. The summed E-state index contributed by atoms with van der Waals surface area (Å²) in [5.74, 6) is 1.25. The van der Waals surface area contributed by atoms with Crippen LogP contribution in [0.25, 0.3) is 11.4 Å². The molecule has 0 radical (unpaired) electrons. The third-order valence-corrected chi connectivity index (χ3v) is 5.25. The number of hydrogen-bond acceptors (Lipinski definition) is 5. The minimum Gasteiger partial charge on any atom is -0.488 e. The van der Waals surface area contributed by atoms with Crippen molar-refractivity contribution in [3.8, 4) is 23.2 Å². The van der Waals surface area contributed by atoms with Gasteiger partial charge in [-0.2, -0.15) is 20.1 Å². The highest BCUT2D eigenvalue weighted by atomic mass is 79.9. The van der Waals surface area contributed by atoms with Crippen LogP contribution in [0.1, 0.15) is 16.7 Å². The number of aromatic amines is 1. The number of H-pyrrole nitrogens is 1. The maximum absolute atomic E-state index is 9.29. The summed E-state index contributed by atoms with van der Waals surface area (Å²) in [5.41, 5.74) is 3.06. The number of nitriles is 1. The third kappa shape index (κ3) is 4.79. The zero-order valence-corrected chi connectivity index (χ0v) is 18.6. The van der Waals surface area contributed by atoms with Crippen LogP contribution in [0.2, 0.25) is 0 Å². The van der Waals surface area contributed by atoms with E-state index in [-0.39, 0.29) is 6.61 Å². The Labute approximate surface area is 192 Å². The van der Waals surface area contributed by atoms with Crippen LogP contribution in [0.4, 0.5) is 0 Å². The van der Waals surface area contributed by atoms with Gasteiger partial charge in [0.15, 0.2) is 5.82 Å². The van der Waals surface area contributed by atoms with Gasteiger partial charge in [0.25, 0.3) is 0 Å². The van der Waals surface area contributed by atoms with E-state index >= 15 is 0 Å². The van der Waals surface area contributed by atoms with Crippen LogP contribution in [0.3, 0.4) is 0 Å². The smallest absolute Gasteiger partial charge is 0.216 e. The molecule has 0 aliphatic rings. The SMILES string of the molecule is N#Cc1ccccc1COc1ccc(Br)cc1/C=N\n1c(-c2ccccc2)n[nH]c1=S. The molecule has 0 saturated carbocycles. The van der Waals surface area contributed by atoms with Crippen LogP contribution in [-0.2, 0) is 6.61 Å². The van der Waals surface area contributed by atoms with Gasteiger partial charge in [-0.15, -0.1) is 0 Å². The normalized spacial score (nSPS) is 10.8. The highest BCUT2D eigenvalue weighted by Gasteiger charge is 2.09. The van der Waals surface area contributed by atoms with Crippen molar-refractivity contribution >= 4 is 34.4 Å². The van der Waals surface area contributed by atoms with Crippen molar-refractivity contribution in [3.63, 3.8) is 0 Å². The molecule has 0 spiro atoms. The lowest BCUT2D eigenvalue weighted by atomic mass is 10.1. The average Bonchev–Trinajstić information content (AvgIpc) is 3.18. The molecule has 31 heavy (non-hydrogen) atoms. The lowest BCUT2D eigenvalue weighted by Gasteiger charge is -2.10. The summed E-state index contributed by atoms with van der Waals surface area (Å²) in [4.78, 5) is 0. The van der Waals surface area contributed by atoms with Crippen molar-refractivity contribution in [2.45, 2.75) is 6.61 Å². The molecule has 0 aliphatic carbocycles. The van der Waals surface area contributed by atoms with Gasteiger partial charge in [-0.25, -0.2) is 5.10 Å². The molecule has 0 aliphatic heterocycles. The maximum atomic E-state index is 9.29. The van der Waals surface area contributed by atoms with E-state index in [4.69, 9.17) is 17.0 Å². The predicted octanol–water partition coefficient (Wildman–Crippen LogP) is 5.70. The van der Waals surface area contributed by atoms with Crippen molar-refractivity contribution in [1.29, 1.82) is 5.26 Å². The average molecular weight is 490 g/mol. The van der Waals surface area contributed by atoms with E-state index < -0.39 is 0 Å². The summed E-state index contributed by atoms with van der Waals surface area (Å²) in [6.45, 7) is 0.270. The Kier molecular flexibility index (Phi) is 6.36. The van der Waals surface area contributed by atoms with Crippen LogP contribution < -0.4 is 4.74 Å². The molecule has 0 atom stereocenters. The molecule has 0 unspecified atom stereocenters. The van der Waals surface area contributed by atoms with E-state index in [9.17, 15) is 5.26 Å². The van der Waals surface area contributed by atoms with Crippen LogP contribution >= 0.6 is 28.1 Å². The summed E-state index contributed by atoms with van der Waals surface area (Å²) in [6, 6.07) is 24.9. The van der Waals surface area contributed by atoms with Crippen molar-refractivity contribution < 1.29 is 4.74 Å². The van der Waals surface area contributed by atoms with Gasteiger partial charge >= 0.3 is 0 Å². The molecule has 0 saturated heterocycles. The number of ether oxygens (including phenoxy) is 1. The number of aromatic nitrogens is 3. The van der Waals surface area contributed by atoms with Crippen LogP contribution in [0.15, 0.2) is 82.4 Å². The summed E-state index contributed by atoms with van der Waals surface area (Å²) < 4.78 is 8.86. The van der Waals surface area contributed by atoms with Gasteiger partial charge in [0, 0.05) is 21.2 Å². The first-order valence-electron chi connectivity index (χ1n) is 9.33. The van der Waals surface area contributed by atoms with Gasteiger partial charge < -0.3 is 4.74 Å². The lowest BCUT2D eigenvalue weighted by molar-refractivity contribution is 0.305. The minimum atomic E-state index is 0.270. The Bertz CT molecular complexity index is 1340. The highest BCUT2D eigenvalue weighted by Crippen LogP contribution is 2.24. The number of halogens is 1. The topological polar surface area (TPSA) is 79.0 Å². The molecule has 0 fully saturated rings. The van der Waals surface area contributed by atoms with Gasteiger partial charge in [-0.05, 0) is 36.5 Å². The van der Waals surface area contributed by atoms with Crippen molar-refractivity contribution in [1.82, 2.24) is 14.9 Å². The molecule has 152 valence electrons. The number of nitrogens with one attached hydrogen (secondary N) is 1. The fourth-order valence-corrected chi connectivity index (χ4v) is 3.51. The number of benzene rings is 3. The van der Waals surface area contributed by atoms with Gasteiger partial charge in [0.2, 0.25) is 4.77 Å². The number of nitrogens with zero attached hydrogens (tertiary/aromatic N) is 4. The quantitative estimate of drug-likeness (QED) is 0.278. The van der Waals surface area contributed by atoms with Crippen molar-refractivity contribution in [2.24, 2.45) is 5.10 Å². The molecular weight excluding hydrogens is 474 g/mol. The van der Waals surface area contributed by atoms with E-state index in [0.29, 0.717) is 21.9 Å². The van der Waals surface area contributed by atoms with E-state index in [0.717, 1.165) is 21.2 Å². The highest BCUT2D eigenvalue weighted by molar-refractivity contribution is 9.10. The number of rotatable bonds is 6. The first-order valence-corrected chi connectivity index (χ1v) is 10.5. The second kappa shape index (κ2) is 9.51. The van der Waals surface area contributed by atoms with Gasteiger partial charge in [-0.3, -0.25) is 0 Å². The second-order valence-corrected chi connectivity index (χ2v) is 7.82. The molecule has 4 aromatic rings. The van der Waals surface area contributed by atoms with Crippen LogP contribution in [0, 0.1) is 16.1 Å². The van der Waals surface area contributed by atoms with Gasteiger partial charge in [0.05, 0.1) is 17.8 Å². The standard InChI is InChI=1S/C23H16BrN5OS/c24-20-10-11-21(30-15-18-9-5-4-8-17(18)13-25)19(12-20)14-26-29-22(27-28-23(29)31)16-6-2-1-3-7-16/h1-12,14H,15H2,(H,28,31)/b26-14-. The molecule has 1 aromatic heterocycles. The zero-order chi connectivity index (χ0) is 21.6. The Balaban J connectivity index is 1.64. The molecule has 0 amide bonds. The van der Waals surface area contributed by atoms with Crippen LogP contribution in [0.5, 0.6) is 5.75 Å². The molecule has 4 rings (SSSR count). The second-order valence-electron chi connectivity index (χ2n) is 6.51. The molecule has 8 heteroatoms. The first kappa shape index (κ1) is 20.7. The molecule has 0 bridgehead atoms. The Morgan fingerprint density at radius 3 is 2.71 bits per heavy atom. The van der Waals surface area contributed by atoms with Gasteiger partial charge in [0.1, 0.15) is 12.4 Å². The van der Waals surface area contributed by atoms with Gasteiger partial charge in [-0.1, -0.05) is 64.5 Å². The fourth-order valence-electron chi connectivity index (χ4n) is 2.96. The summed E-state index contributed by atoms with van der Waals surface area (Å²) >= 11 is 8.84. The maximum Gasteiger partial charge on any atom is 0.216 e. The Hall–Kier alpha value is -3.54. The van der Waals surface area contributed by atoms with E-state index in [2.05, 4.69) is 37.3 Å². The first-order chi connectivity index (χ1) is 15.2. The van der Waals surface area contributed by atoms with Crippen LogP contribution in [-0.4, -0.2) is 21.1 Å². The lowest BCUT2D eigenvalue weighted by Crippen LogP contribution is -2.01. The Morgan fingerprint density at radius 2 is 1.90 bits per heavy atom.